The van der Waals surface area contributed by atoms with E-state index < -0.39 is 0 Å². The van der Waals surface area contributed by atoms with Crippen LogP contribution in [0.3, 0.4) is 0 Å². The second kappa shape index (κ2) is 15.1. The third-order valence-corrected chi connectivity index (χ3v) is 4.86. The number of carbonyl (C=O) groups is 2. The van der Waals surface area contributed by atoms with E-state index in [4.69, 9.17) is 4.74 Å². The van der Waals surface area contributed by atoms with Crippen LogP contribution in [0.5, 0.6) is 0 Å². The van der Waals surface area contributed by atoms with Gasteiger partial charge in [-0.3, -0.25) is 4.79 Å². The van der Waals surface area contributed by atoms with Gasteiger partial charge in [0.2, 0.25) is 5.91 Å². The summed E-state index contributed by atoms with van der Waals surface area (Å²) in [5.41, 5.74) is 2.61. The molecule has 0 unspecified atom stereocenters. The molecule has 0 aliphatic carbocycles. The number of hydrogen-bond donors (Lipinski definition) is 2. The number of amides is 1. The van der Waals surface area contributed by atoms with Gasteiger partial charge < -0.3 is 25.2 Å². The highest BCUT2D eigenvalue weighted by atomic mass is 127. The van der Waals surface area contributed by atoms with Crippen molar-refractivity contribution in [2.75, 3.05) is 52.8 Å². The summed E-state index contributed by atoms with van der Waals surface area (Å²) < 4.78 is 4.72. The molecule has 2 rings (SSSR count). The molecule has 2 aromatic rings. The number of ether oxygens (including phenoxy) is 1. The van der Waals surface area contributed by atoms with Crippen LogP contribution in [-0.2, 0) is 16.1 Å². The van der Waals surface area contributed by atoms with E-state index in [0.29, 0.717) is 24.6 Å². The maximum Gasteiger partial charge on any atom is 0.337 e. The molecule has 0 saturated heterocycles. The van der Waals surface area contributed by atoms with Crippen LogP contribution in [-0.4, -0.2) is 70.6 Å². The average molecular weight is 567 g/mol. The minimum Gasteiger partial charge on any atom is -0.465 e. The predicted molar refractivity (Wildman–Crippen MR) is 143 cm³/mol. The first-order valence-corrected chi connectivity index (χ1v) is 10.6. The van der Waals surface area contributed by atoms with E-state index in [1.807, 2.05) is 30.3 Å². The van der Waals surface area contributed by atoms with Crippen molar-refractivity contribution in [3.8, 4) is 0 Å². The van der Waals surface area contributed by atoms with E-state index in [2.05, 4.69) is 39.7 Å². The summed E-state index contributed by atoms with van der Waals surface area (Å²) in [5, 5.41) is 6.39. The molecule has 2 aromatic carbocycles. The number of para-hydroxylation sites is 1. The van der Waals surface area contributed by atoms with Gasteiger partial charge in [0.05, 0.1) is 25.8 Å². The molecule has 0 radical (unpaired) electrons. The van der Waals surface area contributed by atoms with Crippen molar-refractivity contribution in [2.45, 2.75) is 13.0 Å². The number of aliphatic imine (C=N–C) groups is 1. The molecule has 0 spiro atoms. The molecule has 2 N–H and O–H groups in total. The largest absolute Gasteiger partial charge is 0.465 e. The number of halogens is 1. The molecule has 9 heteroatoms. The summed E-state index contributed by atoms with van der Waals surface area (Å²) in [6, 6.07) is 17.3. The van der Waals surface area contributed by atoms with Crippen LogP contribution in [0.4, 0.5) is 5.69 Å². The Morgan fingerprint density at radius 1 is 0.970 bits per heavy atom. The Kier molecular flexibility index (Phi) is 12.9. The van der Waals surface area contributed by atoms with Crippen LogP contribution < -0.4 is 15.5 Å². The van der Waals surface area contributed by atoms with Gasteiger partial charge in [-0.1, -0.05) is 30.3 Å². The quantitative estimate of drug-likeness (QED) is 0.151. The number of carbonyl (C=O) groups excluding carboxylic acids is 2. The highest BCUT2D eigenvalue weighted by Gasteiger charge is 2.07. The molecule has 0 atom stereocenters. The Morgan fingerprint density at radius 3 is 2.24 bits per heavy atom. The second-order valence-corrected chi connectivity index (χ2v) is 7.53. The third-order valence-electron chi connectivity index (χ3n) is 4.86. The van der Waals surface area contributed by atoms with Crippen molar-refractivity contribution in [1.29, 1.82) is 0 Å². The maximum absolute atomic E-state index is 12.0. The number of methoxy groups -OCH3 is 1. The summed E-state index contributed by atoms with van der Waals surface area (Å²) in [6.45, 7) is 2.16. The minimum atomic E-state index is -0.369. The summed E-state index contributed by atoms with van der Waals surface area (Å²) in [4.78, 5) is 31.8. The monoisotopic (exact) mass is 567 g/mol. The van der Waals surface area contributed by atoms with Crippen LogP contribution >= 0.6 is 24.0 Å². The molecule has 33 heavy (non-hydrogen) atoms. The molecule has 0 bridgehead atoms. The molecule has 180 valence electrons. The van der Waals surface area contributed by atoms with E-state index in [1.54, 1.807) is 26.2 Å². The topological polar surface area (TPSA) is 86.3 Å². The lowest BCUT2D eigenvalue weighted by molar-refractivity contribution is -0.127. The highest BCUT2D eigenvalue weighted by molar-refractivity contribution is 14.0. The lowest BCUT2D eigenvalue weighted by atomic mass is 10.1. The predicted octanol–water partition coefficient (Wildman–Crippen LogP) is 2.74. The number of guanidine groups is 1. The molecule has 0 fully saturated rings. The van der Waals surface area contributed by atoms with Gasteiger partial charge in [-0.15, -0.1) is 24.0 Å². The first-order chi connectivity index (χ1) is 15.4. The van der Waals surface area contributed by atoms with Gasteiger partial charge in [-0.25, -0.2) is 9.79 Å². The van der Waals surface area contributed by atoms with Crippen molar-refractivity contribution in [2.24, 2.45) is 4.99 Å². The molecule has 0 heterocycles. The van der Waals surface area contributed by atoms with Crippen molar-refractivity contribution >= 4 is 47.5 Å². The number of nitrogens with one attached hydrogen (secondary N) is 2. The van der Waals surface area contributed by atoms with Crippen LogP contribution in [0, 0.1) is 0 Å². The standard InChI is InChI=1S/C24H33N5O3.HI/c1-28(2)22(30)18-27-24(25-15-8-16-29(3)21-9-6-5-7-10-21)26-17-19-11-13-20(14-12-19)23(31)32-4;/h5-7,9-14H,8,15-18H2,1-4H3,(H2,25,26,27);1H. The molecular formula is C24H34IN5O3. The van der Waals surface area contributed by atoms with Gasteiger partial charge in [0.1, 0.15) is 0 Å². The molecule has 8 nitrogen and oxygen atoms in total. The van der Waals surface area contributed by atoms with Crippen molar-refractivity contribution < 1.29 is 14.3 Å². The van der Waals surface area contributed by atoms with Crippen molar-refractivity contribution in [1.82, 2.24) is 15.5 Å². The van der Waals surface area contributed by atoms with Crippen LogP contribution in [0.15, 0.2) is 59.6 Å². The first-order valence-electron chi connectivity index (χ1n) is 10.6. The fourth-order valence-corrected chi connectivity index (χ4v) is 2.86. The molecular weight excluding hydrogens is 533 g/mol. The zero-order valence-electron chi connectivity index (χ0n) is 19.7. The van der Waals surface area contributed by atoms with Crippen LogP contribution in [0.25, 0.3) is 0 Å². The summed E-state index contributed by atoms with van der Waals surface area (Å²) in [5.74, 6) is 0.164. The first kappa shape index (κ1) is 28.2. The van der Waals surface area contributed by atoms with Gasteiger partial charge in [-0.05, 0) is 36.2 Å². The van der Waals surface area contributed by atoms with E-state index in [9.17, 15) is 9.59 Å². The number of esters is 1. The second-order valence-electron chi connectivity index (χ2n) is 7.53. The average Bonchev–Trinajstić information content (AvgIpc) is 2.82. The SMILES string of the molecule is COC(=O)c1ccc(CN=C(NCCCN(C)c2ccccc2)NCC(=O)N(C)C)cc1.I. The Labute approximate surface area is 213 Å². The smallest absolute Gasteiger partial charge is 0.337 e. The number of rotatable bonds is 10. The Hall–Kier alpha value is -2.82. The number of anilines is 1. The normalized spacial score (nSPS) is 10.6. The van der Waals surface area contributed by atoms with Gasteiger partial charge >= 0.3 is 5.97 Å². The zero-order chi connectivity index (χ0) is 23.3. The Balaban J connectivity index is 0.00000544. The molecule has 0 aliphatic rings. The Bertz CT molecular complexity index is 889. The minimum absolute atomic E-state index is 0. The van der Waals surface area contributed by atoms with Gasteiger partial charge in [0, 0.05) is 39.9 Å². The number of hydrogen-bond acceptors (Lipinski definition) is 5. The highest BCUT2D eigenvalue weighted by Crippen LogP contribution is 2.10. The van der Waals surface area contributed by atoms with E-state index in [-0.39, 0.29) is 42.4 Å². The lowest BCUT2D eigenvalue weighted by Gasteiger charge is -2.20. The lowest BCUT2D eigenvalue weighted by Crippen LogP contribution is -2.43. The summed E-state index contributed by atoms with van der Waals surface area (Å²) in [6.07, 6.45) is 0.904. The van der Waals surface area contributed by atoms with Crippen molar-refractivity contribution in [3.63, 3.8) is 0 Å². The van der Waals surface area contributed by atoms with E-state index >= 15 is 0 Å². The summed E-state index contributed by atoms with van der Waals surface area (Å²) in [7, 11) is 6.86. The van der Waals surface area contributed by atoms with E-state index in [1.165, 1.54) is 17.7 Å². The summed E-state index contributed by atoms with van der Waals surface area (Å²) >= 11 is 0. The number of likely N-dealkylation sites (N-methyl/N-ethyl adjacent to an activating group) is 1. The van der Waals surface area contributed by atoms with Crippen LogP contribution in [0.1, 0.15) is 22.3 Å². The third kappa shape index (κ3) is 10.1. The molecule has 0 aliphatic heterocycles. The number of nitrogens with zero attached hydrogens (tertiary/aromatic N) is 3. The van der Waals surface area contributed by atoms with Gasteiger partial charge in [0.25, 0.3) is 0 Å². The molecule has 1 amide bonds. The number of benzene rings is 2. The van der Waals surface area contributed by atoms with E-state index in [0.717, 1.165) is 18.5 Å². The fraction of sp³-hybridized carbons (Fsp3) is 0.375. The van der Waals surface area contributed by atoms with Crippen molar-refractivity contribution in [3.05, 3.63) is 65.7 Å². The fourth-order valence-electron chi connectivity index (χ4n) is 2.86. The van der Waals surface area contributed by atoms with Gasteiger partial charge in [0.15, 0.2) is 5.96 Å². The maximum atomic E-state index is 12.0. The Morgan fingerprint density at radius 2 is 1.64 bits per heavy atom. The molecule has 0 aromatic heterocycles. The van der Waals surface area contributed by atoms with Gasteiger partial charge in [-0.2, -0.15) is 0 Å². The molecule has 0 saturated carbocycles. The zero-order valence-corrected chi connectivity index (χ0v) is 22.0. The van der Waals surface area contributed by atoms with Crippen LogP contribution in [0.2, 0.25) is 0 Å².